The van der Waals surface area contributed by atoms with Crippen LogP contribution in [0.15, 0.2) is 0 Å². The molecule has 4 unspecified atom stereocenters. The monoisotopic (exact) mass is 271 g/mol. The van der Waals surface area contributed by atoms with Crippen molar-refractivity contribution < 1.29 is 8.76 Å². The molecule has 2 rings (SSSR count). The van der Waals surface area contributed by atoms with Gasteiger partial charge in [-0.15, -0.1) is 11.3 Å². The van der Waals surface area contributed by atoms with Gasteiger partial charge in [0.2, 0.25) is 0 Å². The maximum atomic E-state index is 11.2. The van der Waals surface area contributed by atoms with Crippen LogP contribution in [-0.2, 0) is 11.1 Å². The van der Waals surface area contributed by atoms with Gasteiger partial charge >= 0.3 is 0 Å². The van der Waals surface area contributed by atoms with Crippen molar-refractivity contribution in [3.8, 4) is 0 Å². The van der Waals surface area contributed by atoms with Crippen LogP contribution in [0.2, 0.25) is 0 Å². The molecule has 3 nitrogen and oxygen atoms in total. The van der Waals surface area contributed by atoms with Crippen LogP contribution >= 0.6 is 11.3 Å². The summed E-state index contributed by atoms with van der Waals surface area (Å²) >= 11 is -0.0531. The molecule has 1 aromatic heterocycles. The summed E-state index contributed by atoms with van der Waals surface area (Å²) in [6.07, 6.45) is 4.96. The Morgan fingerprint density at radius 1 is 1.59 bits per heavy atom. The van der Waals surface area contributed by atoms with Crippen LogP contribution in [0.3, 0.4) is 0 Å². The molecular formula is C12H17NO2S2. The number of nitrogens with zero attached hydrogens (tertiary/aromatic N) is 1. The first-order chi connectivity index (χ1) is 8.02. The van der Waals surface area contributed by atoms with Gasteiger partial charge in [0.25, 0.3) is 0 Å². The van der Waals surface area contributed by atoms with Crippen LogP contribution in [0.5, 0.6) is 0 Å². The minimum atomic E-state index is -1.71. The molecule has 0 radical (unpaired) electrons. The van der Waals surface area contributed by atoms with E-state index in [0.717, 1.165) is 21.3 Å². The second-order valence-corrected chi connectivity index (χ2v) is 6.94. The Morgan fingerprint density at radius 2 is 2.29 bits per heavy atom. The summed E-state index contributed by atoms with van der Waals surface area (Å²) in [5, 5.41) is 1.93. The smallest absolute Gasteiger partial charge is 0.156 e. The van der Waals surface area contributed by atoms with Gasteiger partial charge in [0.15, 0.2) is 11.1 Å². The first-order valence-corrected chi connectivity index (χ1v) is 7.73. The molecule has 4 atom stereocenters. The summed E-state index contributed by atoms with van der Waals surface area (Å²) < 4.78 is 21.5. The zero-order valence-corrected chi connectivity index (χ0v) is 11.8. The van der Waals surface area contributed by atoms with Crippen LogP contribution in [0.25, 0.3) is 12.2 Å². The number of aryl methyl sites for hydroxylation is 1. The van der Waals surface area contributed by atoms with Gasteiger partial charge in [-0.2, -0.15) is 0 Å². The highest BCUT2D eigenvalue weighted by Gasteiger charge is 2.40. The van der Waals surface area contributed by atoms with E-state index in [4.69, 9.17) is 0 Å². The quantitative estimate of drug-likeness (QED) is 0.824. The number of hydrogen-bond donors (Lipinski definition) is 1. The average molecular weight is 271 g/mol. The van der Waals surface area contributed by atoms with Gasteiger partial charge < -0.3 is 4.55 Å². The Bertz CT molecular complexity index is 549. The molecule has 1 heterocycles. The Hall–Kier alpha value is -0.520. The van der Waals surface area contributed by atoms with Crippen molar-refractivity contribution in [3.05, 3.63) is 14.9 Å². The zero-order valence-electron chi connectivity index (χ0n) is 10.2. The van der Waals surface area contributed by atoms with Gasteiger partial charge in [0.1, 0.15) is 0 Å². The lowest BCUT2D eigenvalue weighted by atomic mass is 9.74. The fraction of sp³-hybridized carbons (Fsp3) is 0.583. The molecule has 0 saturated heterocycles. The van der Waals surface area contributed by atoms with Crippen LogP contribution in [0.4, 0.5) is 0 Å². The highest BCUT2D eigenvalue weighted by Crippen LogP contribution is 2.38. The minimum absolute atomic E-state index is 0.0999. The van der Waals surface area contributed by atoms with E-state index in [1.54, 1.807) is 11.3 Å². The molecule has 0 amide bonds. The molecule has 5 heteroatoms. The predicted molar refractivity (Wildman–Crippen MR) is 72.5 cm³/mol. The average Bonchev–Trinajstić information content (AvgIpc) is 2.62. The highest BCUT2D eigenvalue weighted by atomic mass is 32.2. The van der Waals surface area contributed by atoms with E-state index in [2.05, 4.69) is 18.0 Å². The van der Waals surface area contributed by atoms with Crippen LogP contribution < -0.4 is 9.88 Å². The molecule has 1 N–H and O–H groups in total. The van der Waals surface area contributed by atoms with Crippen molar-refractivity contribution in [1.82, 2.24) is 4.98 Å². The van der Waals surface area contributed by atoms with E-state index in [1.165, 1.54) is 0 Å². The number of thiazole rings is 1. The van der Waals surface area contributed by atoms with Gasteiger partial charge in [0, 0.05) is 0 Å². The summed E-state index contributed by atoms with van der Waals surface area (Å²) in [5.74, 6) is 0.697. The summed E-state index contributed by atoms with van der Waals surface area (Å²) in [6, 6.07) is 0. The first-order valence-electron chi connectivity index (χ1n) is 5.74. The third-order valence-electron chi connectivity index (χ3n) is 3.35. The molecule has 1 aliphatic rings. The molecule has 1 aliphatic carbocycles. The van der Waals surface area contributed by atoms with E-state index in [0.29, 0.717) is 5.92 Å². The Kier molecular flexibility index (Phi) is 3.80. The SMILES string of the molecule is C/C=c1/nc(C)s/c1=C/C1C(C)CC1S(=O)O. The Balaban J connectivity index is 2.38. The Labute approximate surface area is 108 Å². The lowest BCUT2D eigenvalue weighted by Gasteiger charge is -2.38. The number of hydrogen-bond acceptors (Lipinski definition) is 3. The minimum Gasteiger partial charge on any atom is -0.306 e. The topological polar surface area (TPSA) is 50.2 Å². The van der Waals surface area contributed by atoms with Crippen LogP contribution in [0, 0.1) is 18.8 Å². The fourth-order valence-corrected chi connectivity index (χ4v) is 4.34. The van der Waals surface area contributed by atoms with E-state index < -0.39 is 11.1 Å². The lowest BCUT2D eigenvalue weighted by Crippen LogP contribution is -2.42. The second kappa shape index (κ2) is 5.00. The van der Waals surface area contributed by atoms with E-state index in [-0.39, 0.29) is 11.2 Å². The van der Waals surface area contributed by atoms with E-state index in [1.807, 2.05) is 19.9 Å². The molecule has 1 fully saturated rings. The van der Waals surface area contributed by atoms with Crippen LogP contribution in [0.1, 0.15) is 25.3 Å². The molecular weight excluding hydrogens is 254 g/mol. The summed E-state index contributed by atoms with van der Waals surface area (Å²) in [5.41, 5.74) is 0. The van der Waals surface area contributed by atoms with Gasteiger partial charge in [-0.05, 0) is 32.1 Å². The molecule has 0 spiro atoms. The molecule has 94 valence electrons. The lowest BCUT2D eigenvalue weighted by molar-refractivity contribution is 0.267. The summed E-state index contributed by atoms with van der Waals surface area (Å²) in [7, 11) is 0. The Morgan fingerprint density at radius 3 is 2.82 bits per heavy atom. The van der Waals surface area contributed by atoms with Crippen molar-refractivity contribution in [2.45, 2.75) is 32.4 Å². The molecule has 0 bridgehead atoms. The van der Waals surface area contributed by atoms with Crippen molar-refractivity contribution in [1.29, 1.82) is 0 Å². The summed E-state index contributed by atoms with van der Waals surface area (Å²) in [6.45, 7) is 6.09. The molecule has 1 saturated carbocycles. The standard InChI is InChI=1S/C12H17NO2S2/c1-4-10-11(16-8(3)13-10)6-9-7(2)5-12(9)17(14)15/h4,6-7,9,12H,5H2,1-3H3,(H,14,15)/b10-4+,11-6+. The summed E-state index contributed by atoms with van der Waals surface area (Å²) in [4.78, 5) is 4.43. The van der Waals surface area contributed by atoms with Crippen molar-refractivity contribution in [2.75, 3.05) is 0 Å². The molecule has 1 aromatic rings. The number of rotatable bonds is 2. The fourth-order valence-electron chi connectivity index (χ4n) is 2.30. The third-order valence-corrected chi connectivity index (χ3v) is 5.33. The highest BCUT2D eigenvalue weighted by molar-refractivity contribution is 7.80. The second-order valence-electron chi connectivity index (χ2n) is 4.54. The van der Waals surface area contributed by atoms with Crippen molar-refractivity contribution in [3.63, 3.8) is 0 Å². The largest absolute Gasteiger partial charge is 0.306 e. The van der Waals surface area contributed by atoms with E-state index >= 15 is 0 Å². The predicted octanol–water partition coefficient (Wildman–Crippen LogP) is 1.28. The molecule has 0 aliphatic heterocycles. The zero-order chi connectivity index (χ0) is 12.6. The van der Waals surface area contributed by atoms with Gasteiger partial charge in [0.05, 0.1) is 20.1 Å². The van der Waals surface area contributed by atoms with E-state index in [9.17, 15) is 8.76 Å². The van der Waals surface area contributed by atoms with Gasteiger partial charge in [-0.25, -0.2) is 9.19 Å². The maximum Gasteiger partial charge on any atom is 0.156 e. The van der Waals surface area contributed by atoms with Gasteiger partial charge in [-0.1, -0.05) is 19.1 Å². The van der Waals surface area contributed by atoms with Gasteiger partial charge in [-0.3, -0.25) is 0 Å². The normalized spacial score (nSPS) is 32.6. The molecule has 17 heavy (non-hydrogen) atoms. The molecule has 0 aromatic carbocycles. The maximum absolute atomic E-state index is 11.2. The van der Waals surface area contributed by atoms with Crippen molar-refractivity contribution >= 4 is 34.6 Å². The van der Waals surface area contributed by atoms with Crippen molar-refractivity contribution in [2.24, 2.45) is 11.8 Å². The first kappa shape index (κ1) is 12.9. The number of aromatic nitrogens is 1. The third kappa shape index (κ3) is 2.51. The van der Waals surface area contributed by atoms with Crippen LogP contribution in [-0.4, -0.2) is 19.0 Å².